The van der Waals surface area contributed by atoms with Gasteiger partial charge in [0.05, 0.1) is 25.4 Å². The smallest absolute Gasteiger partial charge is 0.142 e. The minimum Gasteiger partial charge on any atom is -0.493 e. The molecule has 1 aliphatic heterocycles. The molecule has 3 rings (SSSR count). The maximum atomic E-state index is 14.3. The first-order chi connectivity index (χ1) is 13.6. The van der Waals surface area contributed by atoms with Crippen LogP contribution >= 0.6 is 0 Å². The fraction of sp³-hybridized carbons (Fsp3) is 0.364. The molecule has 2 aromatic rings. The molecule has 1 fully saturated rings. The lowest BCUT2D eigenvalue weighted by atomic mass is 10.1. The molecule has 0 radical (unpaired) electrons. The SMILES string of the molecule is CNc1ccc(C#Cc2ccc(OCCC[N+]3(O)CCOCC3)cc2F)cc1. The standard InChI is InChI=1S/C22H26FN2O3/c1-24-20-8-4-18(5-9-20)3-6-19-7-10-21(17-22(19)23)28-14-2-11-25(26)12-15-27-16-13-25/h4-5,7-10,17,24,26H,2,11-16H2,1H3/q+1. The average Bonchev–Trinajstić information content (AvgIpc) is 2.71. The van der Waals surface area contributed by atoms with Gasteiger partial charge in [-0.2, -0.15) is 4.65 Å². The molecule has 28 heavy (non-hydrogen) atoms. The van der Waals surface area contributed by atoms with E-state index in [1.165, 1.54) is 6.07 Å². The van der Waals surface area contributed by atoms with Crippen molar-refractivity contribution in [2.45, 2.75) is 6.42 Å². The van der Waals surface area contributed by atoms with E-state index in [0.29, 0.717) is 57.2 Å². The highest BCUT2D eigenvalue weighted by atomic mass is 19.1. The van der Waals surface area contributed by atoms with Crippen LogP contribution in [-0.4, -0.2) is 56.4 Å². The number of hydrogen-bond acceptors (Lipinski definition) is 4. The van der Waals surface area contributed by atoms with E-state index in [2.05, 4.69) is 17.2 Å². The van der Waals surface area contributed by atoms with Crippen LogP contribution in [0.4, 0.5) is 10.1 Å². The molecule has 0 amide bonds. The molecule has 1 heterocycles. The van der Waals surface area contributed by atoms with Gasteiger partial charge in [-0.15, -0.1) is 0 Å². The van der Waals surface area contributed by atoms with Crippen molar-refractivity contribution in [1.29, 1.82) is 0 Å². The van der Waals surface area contributed by atoms with E-state index in [4.69, 9.17) is 9.47 Å². The molecule has 0 atom stereocenters. The first-order valence-electron chi connectivity index (χ1n) is 9.47. The maximum Gasteiger partial charge on any atom is 0.142 e. The largest absolute Gasteiger partial charge is 0.493 e. The summed E-state index contributed by atoms with van der Waals surface area (Å²) in [6.45, 7) is 3.36. The van der Waals surface area contributed by atoms with Crippen molar-refractivity contribution in [3.8, 4) is 17.6 Å². The van der Waals surface area contributed by atoms with Gasteiger partial charge in [0.1, 0.15) is 31.2 Å². The Morgan fingerprint density at radius 3 is 2.57 bits per heavy atom. The Hall–Kier alpha value is -2.59. The third-order valence-corrected chi connectivity index (χ3v) is 4.75. The van der Waals surface area contributed by atoms with Crippen molar-refractivity contribution >= 4 is 5.69 Å². The van der Waals surface area contributed by atoms with Crippen molar-refractivity contribution in [2.24, 2.45) is 0 Å². The van der Waals surface area contributed by atoms with Gasteiger partial charge in [-0.3, -0.25) is 0 Å². The molecular weight excluding hydrogens is 359 g/mol. The van der Waals surface area contributed by atoms with Crippen molar-refractivity contribution in [3.05, 3.63) is 59.4 Å². The molecule has 2 aromatic carbocycles. The summed E-state index contributed by atoms with van der Waals surface area (Å²) in [4.78, 5) is 0. The third kappa shape index (κ3) is 5.70. The predicted octanol–water partition coefficient (Wildman–Crippen LogP) is 3.27. The minimum atomic E-state index is -0.407. The number of ether oxygens (including phenoxy) is 2. The molecule has 6 heteroatoms. The first-order valence-corrected chi connectivity index (χ1v) is 9.47. The van der Waals surface area contributed by atoms with Gasteiger partial charge < -0.3 is 14.8 Å². The van der Waals surface area contributed by atoms with E-state index in [1.54, 1.807) is 12.1 Å². The summed E-state index contributed by atoms with van der Waals surface area (Å²) in [7, 11) is 1.85. The molecule has 0 spiro atoms. The quantitative estimate of drug-likeness (QED) is 0.455. The Bertz CT molecular complexity index is 837. The van der Waals surface area contributed by atoms with Gasteiger partial charge in [-0.05, 0) is 36.4 Å². The van der Waals surface area contributed by atoms with Crippen molar-refractivity contribution in [1.82, 2.24) is 0 Å². The number of morpholine rings is 1. The Balaban J connectivity index is 1.51. The van der Waals surface area contributed by atoms with Crippen molar-refractivity contribution in [3.63, 3.8) is 0 Å². The van der Waals surface area contributed by atoms with E-state index in [-0.39, 0.29) is 4.65 Å². The number of benzene rings is 2. The highest BCUT2D eigenvalue weighted by molar-refractivity contribution is 5.50. The normalized spacial score (nSPS) is 15.4. The van der Waals surface area contributed by atoms with E-state index in [1.807, 2.05) is 31.3 Å². The average molecular weight is 385 g/mol. The monoisotopic (exact) mass is 385 g/mol. The van der Waals surface area contributed by atoms with Crippen LogP contribution in [0.2, 0.25) is 0 Å². The van der Waals surface area contributed by atoms with Gasteiger partial charge in [0.25, 0.3) is 0 Å². The molecule has 0 bridgehead atoms. The third-order valence-electron chi connectivity index (χ3n) is 4.75. The van der Waals surface area contributed by atoms with Crippen LogP contribution in [0.1, 0.15) is 17.5 Å². The number of nitrogens with zero attached hydrogens (tertiary/aromatic N) is 1. The zero-order chi connectivity index (χ0) is 19.8. The van der Waals surface area contributed by atoms with E-state index in [9.17, 15) is 9.60 Å². The van der Waals surface area contributed by atoms with Crippen LogP contribution in [0.25, 0.3) is 0 Å². The van der Waals surface area contributed by atoms with E-state index in [0.717, 1.165) is 11.3 Å². The van der Waals surface area contributed by atoms with Crippen molar-refractivity contribution < 1.29 is 23.7 Å². The molecular formula is C22H26FN2O3+. The minimum absolute atomic E-state index is 0.0154. The van der Waals surface area contributed by atoms with Crippen LogP contribution in [0.15, 0.2) is 42.5 Å². The summed E-state index contributed by atoms with van der Waals surface area (Å²) in [6.07, 6.45) is 0.683. The van der Waals surface area contributed by atoms with Crippen LogP contribution in [0, 0.1) is 17.7 Å². The number of hydroxylamine groups is 3. The zero-order valence-corrected chi connectivity index (χ0v) is 16.1. The van der Waals surface area contributed by atoms with Gasteiger partial charge in [-0.25, -0.2) is 9.60 Å². The van der Waals surface area contributed by atoms with Crippen LogP contribution < -0.4 is 10.1 Å². The number of anilines is 1. The fourth-order valence-electron chi connectivity index (χ4n) is 3.00. The molecule has 148 valence electrons. The molecule has 0 aliphatic carbocycles. The summed E-state index contributed by atoms with van der Waals surface area (Å²) in [5, 5.41) is 13.4. The second-order valence-electron chi connectivity index (χ2n) is 6.80. The molecule has 0 saturated carbocycles. The molecule has 0 aromatic heterocycles. The second kappa shape index (κ2) is 9.56. The maximum absolute atomic E-state index is 14.3. The predicted molar refractivity (Wildman–Crippen MR) is 106 cm³/mol. The second-order valence-corrected chi connectivity index (χ2v) is 6.80. The zero-order valence-electron chi connectivity index (χ0n) is 16.1. The Morgan fingerprint density at radius 1 is 1.14 bits per heavy atom. The van der Waals surface area contributed by atoms with Crippen LogP contribution in [0.3, 0.4) is 0 Å². The van der Waals surface area contributed by atoms with Gasteiger partial charge in [0.15, 0.2) is 0 Å². The van der Waals surface area contributed by atoms with Crippen LogP contribution in [-0.2, 0) is 4.74 Å². The fourth-order valence-corrected chi connectivity index (χ4v) is 3.00. The van der Waals surface area contributed by atoms with E-state index >= 15 is 0 Å². The number of halogens is 1. The molecule has 1 saturated heterocycles. The molecule has 0 unspecified atom stereocenters. The highest BCUT2D eigenvalue weighted by Crippen LogP contribution is 2.17. The lowest BCUT2D eigenvalue weighted by Gasteiger charge is -2.33. The topological polar surface area (TPSA) is 50.7 Å². The lowest BCUT2D eigenvalue weighted by molar-refractivity contribution is -1.11. The molecule has 1 aliphatic rings. The van der Waals surface area contributed by atoms with Gasteiger partial charge in [0, 0.05) is 30.8 Å². The number of quaternary nitrogens is 1. The van der Waals surface area contributed by atoms with Crippen LogP contribution in [0.5, 0.6) is 5.75 Å². The van der Waals surface area contributed by atoms with Gasteiger partial charge in [0.2, 0.25) is 0 Å². The summed E-state index contributed by atoms with van der Waals surface area (Å²) in [5.74, 6) is 5.89. The Labute approximate surface area is 165 Å². The number of hydrogen-bond donors (Lipinski definition) is 2. The Morgan fingerprint density at radius 2 is 1.89 bits per heavy atom. The highest BCUT2D eigenvalue weighted by Gasteiger charge is 2.28. The molecule has 2 N–H and O–H groups in total. The summed E-state index contributed by atoms with van der Waals surface area (Å²) in [5.41, 5.74) is 2.15. The van der Waals surface area contributed by atoms with E-state index < -0.39 is 5.82 Å². The summed E-state index contributed by atoms with van der Waals surface area (Å²) >= 11 is 0. The Kier molecular flexibility index (Phi) is 6.88. The van der Waals surface area contributed by atoms with Gasteiger partial charge in [-0.1, -0.05) is 11.8 Å². The summed E-state index contributed by atoms with van der Waals surface area (Å²) in [6, 6.07) is 12.3. The molecule has 5 nitrogen and oxygen atoms in total. The summed E-state index contributed by atoms with van der Waals surface area (Å²) < 4.78 is 25.2. The number of nitrogens with one attached hydrogen (secondary N) is 1. The van der Waals surface area contributed by atoms with Gasteiger partial charge >= 0.3 is 0 Å². The lowest BCUT2D eigenvalue weighted by Crippen LogP contribution is -2.53. The first kappa shape index (κ1) is 20.2. The van der Waals surface area contributed by atoms with Crippen molar-refractivity contribution in [2.75, 3.05) is 51.8 Å². The number of rotatable bonds is 6.